The molecule has 174 valence electrons. The second-order valence-corrected chi connectivity index (χ2v) is 8.87. The first-order chi connectivity index (χ1) is 15.9. The van der Waals surface area contributed by atoms with Crippen LogP contribution in [0.3, 0.4) is 0 Å². The summed E-state index contributed by atoms with van der Waals surface area (Å²) in [5, 5.41) is 12.5. The number of nitrogens with zero attached hydrogens (tertiary/aromatic N) is 1. The molecule has 0 fully saturated rings. The van der Waals surface area contributed by atoms with Gasteiger partial charge in [0.25, 0.3) is 0 Å². The van der Waals surface area contributed by atoms with Gasteiger partial charge in [-0.1, -0.05) is 54.6 Å². The molecule has 4 nitrogen and oxygen atoms in total. The fraction of sp³-hybridized carbons (Fsp3) is 0.310. The molecule has 0 unspecified atom stereocenters. The smallest absolute Gasteiger partial charge is 0.123 e. The van der Waals surface area contributed by atoms with E-state index in [1.165, 1.54) is 10.9 Å². The largest absolute Gasteiger partial charge is 0.492 e. The molecule has 0 bridgehead atoms. The van der Waals surface area contributed by atoms with Crippen molar-refractivity contribution in [3.05, 3.63) is 97.1 Å². The highest BCUT2D eigenvalue weighted by molar-refractivity contribution is 5.88. The molecule has 0 aliphatic heterocycles. The summed E-state index contributed by atoms with van der Waals surface area (Å²) in [6.45, 7) is 14.4. The summed E-state index contributed by atoms with van der Waals surface area (Å²) >= 11 is 0. The van der Waals surface area contributed by atoms with Crippen LogP contribution in [0.5, 0.6) is 11.5 Å². The van der Waals surface area contributed by atoms with E-state index in [-0.39, 0.29) is 6.61 Å². The van der Waals surface area contributed by atoms with Crippen LogP contribution in [-0.4, -0.2) is 48.5 Å². The Labute approximate surface area is 197 Å². The highest BCUT2D eigenvalue weighted by atomic mass is 16.5. The summed E-state index contributed by atoms with van der Waals surface area (Å²) in [6, 6.07) is 20.6. The quantitative estimate of drug-likeness (QED) is 0.346. The Hall–Kier alpha value is -3.08. The van der Waals surface area contributed by atoms with Gasteiger partial charge < -0.3 is 14.6 Å². The highest BCUT2D eigenvalue weighted by Gasteiger charge is 2.16. The van der Waals surface area contributed by atoms with Crippen molar-refractivity contribution in [2.75, 3.05) is 32.8 Å². The van der Waals surface area contributed by atoms with Gasteiger partial charge in [0, 0.05) is 31.6 Å². The molecule has 3 aromatic carbocycles. The van der Waals surface area contributed by atoms with Gasteiger partial charge in [0.2, 0.25) is 0 Å². The first-order valence-corrected chi connectivity index (χ1v) is 11.4. The number of hydrogen-bond donors (Lipinski definition) is 1. The molecule has 0 spiro atoms. The first kappa shape index (κ1) is 24.6. The molecule has 0 amide bonds. The van der Waals surface area contributed by atoms with Crippen LogP contribution in [0.4, 0.5) is 0 Å². The lowest BCUT2D eigenvalue weighted by atomic mass is 9.97. The van der Waals surface area contributed by atoms with Crippen molar-refractivity contribution in [3.8, 4) is 11.5 Å². The first-order valence-electron chi connectivity index (χ1n) is 11.4. The number of aliphatic hydroxyl groups is 1. The lowest BCUT2D eigenvalue weighted by molar-refractivity contribution is 0.0282. The SMILES string of the molecule is C=CCN(CC=C)CCOc1ccc(Cc2c(OCC(C)(C)O)ccc3ccccc23)cc1. The Morgan fingerprint density at radius 2 is 1.61 bits per heavy atom. The number of rotatable bonds is 13. The van der Waals surface area contributed by atoms with Crippen LogP contribution < -0.4 is 9.47 Å². The zero-order valence-corrected chi connectivity index (χ0v) is 19.8. The topological polar surface area (TPSA) is 41.9 Å². The minimum absolute atomic E-state index is 0.236. The molecule has 0 aliphatic rings. The second-order valence-electron chi connectivity index (χ2n) is 8.87. The van der Waals surface area contributed by atoms with Gasteiger partial charge in [-0.25, -0.2) is 0 Å². The summed E-state index contributed by atoms with van der Waals surface area (Å²) in [6.07, 6.45) is 4.52. The average Bonchev–Trinajstić information content (AvgIpc) is 2.79. The predicted octanol–water partition coefficient (Wildman–Crippen LogP) is 5.63. The van der Waals surface area contributed by atoms with Crippen LogP contribution in [0, 0.1) is 0 Å². The lowest BCUT2D eigenvalue weighted by Gasteiger charge is -2.21. The van der Waals surface area contributed by atoms with E-state index < -0.39 is 5.60 Å². The Morgan fingerprint density at radius 3 is 2.27 bits per heavy atom. The van der Waals surface area contributed by atoms with Crippen LogP contribution in [0.25, 0.3) is 10.8 Å². The molecule has 3 rings (SSSR count). The van der Waals surface area contributed by atoms with E-state index in [0.29, 0.717) is 6.61 Å². The van der Waals surface area contributed by atoms with Crippen molar-refractivity contribution in [1.82, 2.24) is 4.90 Å². The molecule has 0 heterocycles. The van der Waals surface area contributed by atoms with Crippen molar-refractivity contribution in [2.45, 2.75) is 25.9 Å². The summed E-state index contributed by atoms with van der Waals surface area (Å²) in [5.74, 6) is 1.66. The van der Waals surface area contributed by atoms with Gasteiger partial charge in [-0.05, 0) is 48.4 Å². The molecule has 0 saturated heterocycles. The maximum atomic E-state index is 10.1. The van der Waals surface area contributed by atoms with E-state index in [0.717, 1.165) is 48.5 Å². The zero-order valence-electron chi connectivity index (χ0n) is 19.8. The molecule has 0 aromatic heterocycles. The number of fused-ring (bicyclic) bond motifs is 1. The summed E-state index contributed by atoms with van der Waals surface area (Å²) in [4.78, 5) is 2.23. The molecule has 0 aliphatic carbocycles. The molecule has 3 aromatic rings. The number of benzene rings is 3. The van der Waals surface area contributed by atoms with Gasteiger partial charge in [-0.15, -0.1) is 13.2 Å². The zero-order chi connectivity index (χ0) is 23.7. The third kappa shape index (κ3) is 7.48. The van der Waals surface area contributed by atoms with Gasteiger partial charge in [-0.2, -0.15) is 0 Å². The fourth-order valence-corrected chi connectivity index (χ4v) is 3.71. The molecule has 0 radical (unpaired) electrons. The second kappa shape index (κ2) is 11.7. The van der Waals surface area contributed by atoms with Crippen molar-refractivity contribution < 1.29 is 14.6 Å². The predicted molar refractivity (Wildman–Crippen MR) is 137 cm³/mol. The monoisotopic (exact) mass is 445 g/mol. The van der Waals surface area contributed by atoms with Crippen molar-refractivity contribution >= 4 is 10.8 Å². The van der Waals surface area contributed by atoms with E-state index in [1.54, 1.807) is 13.8 Å². The molecule has 0 atom stereocenters. The van der Waals surface area contributed by atoms with Crippen molar-refractivity contribution in [3.63, 3.8) is 0 Å². The Balaban J connectivity index is 1.71. The fourth-order valence-electron chi connectivity index (χ4n) is 3.71. The van der Waals surface area contributed by atoms with Gasteiger partial charge in [0.1, 0.15) is 24.7 Å². The summed E-state index contributed by atoms with van der Waals surface area (Å²) < 4.78 is 12.0. The standard InChI is InChI=1S/C29H35NO3/c1-5-17-30(18-6-2)19-20-32-25-14-11-23(12-15-25)21-27-26-10-8-7-9-24(26)13-16-28(27)33-22-29(3,4)31/h5-16,31H,1-2,17-22H2,3-4H3. The summed E-state index contributed by atoms with van der Waals surface area (Å²) in [5.41, 5.74) is 1.40. The molecule has 33 heavy (non-hydrogen) atoms. The Kier molecular flexibility index (Phi) is 8.70. The minimum Gasteiger partial charge on any atom is -0.492 e. The third-order valence-corrected chi connectivity index (χ3v) is 5.33. The van der Waals surface area contributed by atoms with Gasteiger partial charge >= 0.3 is 0 Å². The van der Waals surface area contributed by atoms with E-state index >= 15 is 0 Å². The normalized spacial score (nSPS) is 11.5. The molecule has 1 N–H and O–H groups in total. The average molecular weight is 446 g/mol. The third-order valence-electron chi connectivity index (χ3n) is 5.33. The van der Waals surface area contributed by atoms with Gasteiger partial charge in [0.15, 0.2) is 0 Å². The maximum absolute atomic E-state index is 10.1. The minimum atomic E-state index is -0.894. The molecule has 4 heteroatoms. The van der Waals surface area contributed by atoms with Crippen LogP contribution in [-0.2, 0) is 6.42 Å². The van der Waals surface area contributed by atoms with Gasteiger partial charge in [-0.3, -0.25) is 4.90 Å². The van der Waals surface area contributed by atoms with Crippen LogP contribution in [0.2, 0.25) is 0 Å². The Bertz CT molecular complexity index is 1040. The molecule has 0 saturated carbocycles. The number of hydrogen-bond acceptors (Lipinski definition) is 4. The van der Waals surface area contributed by atoms with E-state index in [4.69, 9.17) is 9.47 Å². The van der Waals surface area contributed by atoms with Gasteiger partial charge in [0.05, 0.1) is 5.60 Å². The van der Waals surface area contributed by atoms with Crippen LogP contribution in [0.1, 0.15) is 25.0 Å². The van der Waals surface area contributed by atoms with Crippen molar-refractivity contribution in [2.24, 2.45) is 0 Å². The van der Waals surface area contributed by atoms with E-state index in [1.807, 2.05) is 42.5 Å². The van der Waals surface area contributed by atoms with Crippen LogP contribution >= 0.6 is 0 Å². The summed E-state index contributed by atoms with van der Waals surface area (Å²) in [7, 11) is 0. The highest BCUT2D eigenvalue weighted by Crippen LogP contribution is 2.31. The Morgan fingerprint density at radius 1 is 0.909 bits per heavy atom. The number of ether oxygens (including phenoxy) is 2. The van der Waals surface area contributed by atoms with Crippen molar-refractivity contribution in [1.29, 1.82) is 0 Å². The van der Waals surface area contributed by atoms with Crippen LogP contribution in [0.15, 0.2) is 86.0 Å². The molecular weight excluding hydrogens is 410 g/mol. The lowest BCUT2D eigenvalue weighted by Crippen LogP contribution is -2.28. The van der Waals surface area contributed by atoms with E-state index in [9.17, 15) is 5.11 Å². The van der Waals surface area contributed by atoms with E-state index in [2.05, 4.69) is 48.4 Å². The molecular formula is C29H35NO3. The maximum Gasteiger partial charge on any atom is 0.123 e.